The van der Waals surface area contributed by atoms with Crippen molar-refractivity contribution in [1.82, 2.24) is 29.1 Å². The van der Waals surface area contributed by atoms with Gasteiger partial charge in [-0.15, -0.1) is 11.3 Å². The molecule has 0 radical (unpaired) electrons. The molecule has 0 aromatic carbocycles. The van der Waals surface area contributed by atoms with E-state index in [1.54, 1.807) is 25.4 Å². The van der Waals surface area contributed by atoms with Crippen LogP contribution in [0.15, 0.2) is 34.5 Å². The van der Waals surface area contributed by atoms with E-state index in [-0.39, 0.29) is 41.9 Å². The predicted octanol–water partition coefficient (Wildman–Crippen LogP) is 0.363. The number of amides is 1. The number of rotatable bonds is 7. The number of hydrogen-bond donors (Lipinski definition) is 1. The van der Waals surface area contributed by atoms with Crippen LogP contribution >= 0.6 is 11.3 Å². The van der Waals surface area contributed by atoms with E-state index in [1.807, 2.05) is 4.90 Å². The highest BCUT2D eigenvalue weighted by Gasteiger charge is 2.34. The van der Waals surface area contributed by atoms with Crippen LogP contribution in [0.3, 0.4) is 0 Å². The molecule has 2 saturated heterocycles. The van der Waals surface area contributed by atoms with Gasteiger partial charge >= 0.3 is 0 Å². The van der Waals surface area contributed by atoms with E-state index in [9.17, 15) is 18.0 Å². The fourth-order valence-corrected chi connectivity index (χ4v) is 7.58. The molecule has 192 valence electrons. The summed E-state index contributed by atoms with van der Waals surface area (Å²) in [6, 6.07) is 1.73. The van der Waals surface area contributed by atoms with Crippen LogP contribution in [-0.2, 0) is 26.1 Å². The van der Waals surface area contributed by atoms with Crippen molar-refractivity contribution in [3.8, 4) is 0 Å². The van der Waals surface area contributed by atoms with E-state index < -0.39 is 15.6 Å². The van der Waals surface area contributed by atoms with Crippen molar-refractivity contribution in [3.63, 3.8) is 0 Å². The van der Waals surface area contributed by atoms with Crippen LogP contribution < -0.4 is 15.8 Å². The molecular weight excluding hydrogens is 506 g/mol. The number of aryl methyl sites for hydroxylation is 1. The van der Waals surface area contributed by atoms with Crippen molar-refractivity contribution in [2.45, 2.75) is 37.3 Å². The van der Waals surface area contributed by atoms with Gasteiger partial charge in [-0.2, -0.15) is 4.31 Å². The van der Waals surface area contributed by atoms with Gasteiger partial charge in [0.25, 0.3) is 5.56 Å². The Morgan fingerprint density at radius 2 is 1.94 bits per heavy atom. The fraction of sp³-hybridized carbons (Fsp3) is 0.500. The van der Waals surface area contributed by atoms with E-state index in [0.29, 0.717) is 41.9 Å². The third kappa shape index (κ3) is 4.85. The largest absolute Gasteiger partial charge is 0.376 e. The zero-order valence-corrected chi connectivity index (χ0v) is 21.4. The highest BCUT2D eigenvalue weighted by molar-refractivity contribution is 7.89. The van der Waals surface area contributed by atoms with Crippen molar-refractivity contribution < 1.29 is 17.9 Å². The molecule has 2 aliphatic rings. The molecule has 1 unspecified atom stereocenters. The van der Waals surface area contributed by atoms with Crippen LogP contribution in [0.5, 0.6) is 0 Å². The molecular formula is C22H27N7O5S2. The number of aromatic nitrogens is 4. The van der Waals surface area contributed by atoms with Crippen LogP contribution in [0, 0.1) is 6.92 Å². The van der Waals surface area contributed by atoms with Gasteiger partial charge in [0, 0.05) is 56.6 Å². The minimum atomic E-state index is -3.96. The molecule has 2 fully saturated rings. The van der Waals surface area contributed by atoms with Gasteiger partial charge in [0.1, 0.15) is 16.3 Å². The van der Waals surface area contributed by atoms with Crippen LogP contribution in [-0.4, -0.2) is 83.6 Å². The Balaban J connectivity index is 1.36. The lowest BCUT2D eigenvalue weighted by molar-refractivity contribution is -0.122. The standard InChI is InChI=1S/C22H27N7O5S2/c1-15-19(36(32,33)29-9-7-27(8-10-29)22-23-5-3-6-24-22)18-20(35-15)26-14-28(21(18)31)13-17(30)25-12-16-4-2-11-34-16/h3,5-6,14,16H,2,4,7-13H2,1H3,(H,25,30). The Bertz CT molecular complexity index is 1410. The summed E-state index contributed by atoms with van der Waals surface area (Å²) in [5, 5.41) is 2.81. The number of ether oxygens (including phenoxy) is 1. The number of carbonyl (C=O) groups is 1. The number of thiophene rings is 1. The zero-order chi connectivity index (χ0) is 25.3. The fourth-order valence-electron chi connectivity index (χ4n) is 4.49. The smallest absolute Gasteiger partial charge is 0.263 e. The molecule has 0 spiro atoms. The average molecular weight is 534 g/mol. The minimum absolute atomic E-state index is 0.0172. The molecule has 0 aliphatic carbocycles. The molecule has 1 N–H and O–H groups in total. The summed E-state index contributed by atoms with van der Waals surface area (Å²) < 4.78 is 35.4. The van der Waals surface area contributed by atoms with Crippen LogP contribution in [0.2, 0.25) is 0 Å². The van der Waals surface area contributed by atoms with Gasteiger partial charge < -0.3 is 15.0 Å². The quantitative estimate of drug-likeness (QED) is 0.456. The number of anilines is 1. The van der Waals surface area contributed by atoms with Crippen molar-refractivity contribution in [1.29, 1.82) is 0 Å². The second-order valence-corrected chi connectivity index (χ2v) is 11.8. The predicted molar refractivity (Wildman–Crippen MR) is 134 cm³/mol. The molecule has 12 nitrogen and oxygen atoms in total. The first-order valence-electron chi connectivity index (χ1n) is 11.7. The number of sulfonamides is 1. The topological polar surface area (TPSA) is 140 Å². The Kier molecular flexibility index (Phi) is 7.01. The monoisotopic (exact) mass is 533 g/mol. The average Bonchev–Trinajstić information content (AvgIpc) is 3.53. The van der Waals surface area contributed by atoms with Gasteiger partial charge in [-0.05, 0) is 25.8 Å². The summed E-state index contributed by atoms with van der Waals surface area (Å²) in [5.74, 6) is 0.195. The highest BCUT2D eigenvalue weighted by atomic mass is 32.2. The van der Waals surface area contributed by atoms with E-state index >= 15 is 0 Å². The first-order valence-corrected chi connectivity index (χ1v) is 14.0. The van der Waals surface area contributed by atoms with E-state index in [4.69, 9.17) is 4.74 Å². The number of fused-ring (bicyclic) bond motifs is 1. The zero-order valence-electron chi connectivity index (χ0n) is 19.8. The molecule has 3 aromatic rings. The molecule has 0 bridgehead atoms. The molecule has 1 amide bonds. The van der Waals surface area contributed by atoms with Crippen molar-refractivity contribution >= 4 is 43.4 Å². The maximum absolute atomic E-state index is 13.7. The summed E-state index contributed by atoms with van der Waals surface area (Å²) in [6.45, 7) is 3.80. The molecule has 3 aromatic heterocycles. The van der Waals surface area contributed by atoms with Gasteiger partial charge in [0.2, 0.25) is 21.9 Å². The Morgan fingerprint density at radius 1 is 1.19 bits per heavy atom. The SMILES string of the molecule is Cc1sc2ncn(CC(=O)NCC3CCCO3)c(=O)c2c1S(=O)(=O)N1CCN(c2ncccn2)CC1. The number of piperazine rings is 1. The summed E-state index contributed by atoms with van der Waals surface area (Å²) in [7, 11) is -3.96. The van der Waals surface area contributed by atoms with Crippen molar-refractivity contribution in [2.24, 2.45) is 0 Å². The van der Waals surface area contributed by atoms with E-state index in [0.717, 1.165) is 28.7 Å². The lowest BCUT2D eigenvalue weighted by Gasteiger charge is -2.33. The van der Waals surface area contributed by atoms with Crippen LogP contribution in [0.1, 0.15) is 17.7 Å². The van der Waals surface area contributed by atoms with Gasteiger partial charge in [0.15, 0.2) is 0 Å². The Morgan fingerprint density at radius 3 is 2.64 bits per heavy atom. The Hall–Kier alpha value is -2.94. The highest BCUT2D eigenvalue weighted by Crippen LogP contribution is 2.33. The number of nitrogens with zero attached hydrogens (tertiary/aromatic N) is 6. The molecule has 1 atom stereocenters. The molecule has 14 heteroatoms. The minimum Gasteiger partial charge on any atom is -0.376 e. The summed E-state index contributed by atoms with van der Waals surface area (Å²) in [4.78, 5) is 41.3. The summed E-state index contributed by atoms with van der Waals surface area (Å²) in [6.07, 6.45) is 6.42. The maximum Gasteiger partial charge on any atom is 0.263 e. The van der Waals surface area contributed by atoms with Gasteiger partial charge in [-0.1, -0.05) is 0 Å². The van der Waals surface area contributed by atoms with E-state index in [2.05, 4.69) is 20.3 Å². The van der Waals surface area contributed by atoms with Crippen LogP contribution in [0.25, 0.3) is 10.2 Å². The van der Waals surface area contributed by atoms with Gasteiger partial charge in [-0.3, -0.25) is 14.2 Å². The first-order chi connectivity index (χ1) is 17.3. The van der Waals surface area contributed by atoms with E-state index in [1.165, 1.54) is 10.6 Å². The molecule has 5 rings (SSSR count). The first kappa shape index (κ1) is 24.7. The van der Waals surface area contributed by atoms with Gasteiger partial charge in [0.05, 0.1) is 17.8 Å². The third-order valence-electron chi connectivity index (χ3n) is 6.34. The molecule has 0 saturated carbocycles. The Labute approximate surface area is 212 Å². The summed E-state index contributed by atoms with van der Waals surface area (Å²) >= 11 is 1.16. The number of hydrogen-bond acceptors (Lipinski definition) is 10. The molecule has 36 heavy (non-hydrogen) atoms. The van der Waals surface area contributed by atoms with Gasteiger partial charge in [-0.25, -0.2) is 23.4 Å². The lowest BCUT2D eigenvalue weighted by Crippen LogP contribution is -2.49. The van der Waals surface area contributed by atoms with Crippen molar-refractivity contribution in [2.75, 3.05) is 44.2 Å². The van der Waals surface area contributed by atoms with Crippen LogP contribution in [0.4, 0.5) is 5.95 Å². The normalized spacial score (nSPS) is 19.1. The summed E-state index contributed by atoms with van der Waals surface area (Å²) in [5.41, 5.74) is -0.550. The second kappa shape index (κ2) is 10.2. The van der Waals surface area contributed by atoms with Crippen molar-refractivity contribution in [3.05, 3.63) is 40.0 Å². The third-order valence-corrected chi connectivity index (χ3v) is 9.55. The molecule has 2 aliphatic heterocycles. The lowest BCUT2D eigenvalue weighted by atomic mass is 10.2. The number of carbonyl (C=O) groups excluding carboxylic acids is 1. The molecule has 5 heterocycles. The number of nitrogens with one attached hydrogen (secondary N) is 1. The second-order valence-electron chi connectivity index (χ2n) is 8.72. The maximum atomic E-state index is 13.7.